The second kappa shape index (κ2) is 5.75. The fraction of sp³-hybridized carbons (Fsp3) is 0.188. The molecule has 0 aliphatic rings. The Bertz CT molecular complexity index is 742. The summed E-state index contributed by atoms with van der Waals surface area (Å²) in [4.78, 5) is 12.5. The van der Waals surface area contributed by atoms with Gasteiger partial charge in [-0.3, -0.25) is 9.48 Å². The monoisotopic (exact) mass is 280 g/mol. The molecule has 0 bridgehead atoms. The molecular weight excluding hydrogens is 264 g/mol. The highest BCUT2D eigenvalue weighted by molar-refractivity contribution is 6.07. The molecule has 0 radical (unpaired) electrons. The van der Waals surface area contributed by atoms with E-state index in [-0.39, 0.29) is 5.78 Å². The van der Waals surface area contributed by atoms with E-state index in [1.165, 1.54) is 0 Å². The van der Waals surface area contributed by atoms with Crippen molar-refractivity contribution in [1.82, 2.24) is 19.6 Å². The van der Waals surface area contributed by atoms with Crippen LogP contribution in [-0.2, 0) is 6.54 Å². The third kappa shape index (κ3) is 2.63. The molecule has 0 amide bonds. The highest BCUT2D eigenvalue weighted by atomic mass is 16.1. The zero-order valence-corrected chi connectivity index (χ0v) is 11.8. The van der Waals surface area contributed by atoms with E-state index in [4.69, 9.17) is 0 Å². The van der Waals surface area contributed by atoms with Crippen LogP contribution >= 0.6 is 0 Å². The minimum absolute atomic E-state index is 0.0527. The molecule has 1 aromatic carbocycles. The Kier molecular flexibility index (Phi) is 3.64. The van der Waals surface area contributed by atoms with Crippen LogP contribution in [0.15, 0.2) is 55.0 Å². The summed E-state index contributed by atoms with van der Waals surface area (Å²) < 4.78 is 3.44. The molecule has 21 heavy (non-hydrogen) atoms. The fourth-order valence-electron chi connectivity index (χ4n) is 2.23. The van der Waals surface area contributed by atoms with E-state index in [0.717, 1.165) is 18.7 Å². The van der Waals surface area contributed by atoms with Gasteiger partial charge in [0.1, 0.15) is 5.69 Å². The second-order valence-corrected chi connectivity index (χ2v) is 4.78. The standard InChI is InChI=1S/C16H16N4O/c1-2-10-19-15(8-9-17-19)16(21)13-11-18-20(12-13)14-6-4-3-5-7-14/h3-9,11-12H,2,10H2,1H3. The Morgan fingerprint density at radius 2 is 1.95 bits per heavy atom. The Balaban J connectivity index is 1.89. The van der Waals surface area contributed by atoms with E-state index in [0.29, 0.717) is 11.3 Å². The number of aryl methyl sites for hydroxylation is 1. The lowest BCUT2D eigenvalue weighted by Gasteiger charge is -2.03. The van der Waals surface area contributed by atoms with Crippen LogP contribution < -0.4 is 0 Å². The Labute approximate surface area is 122 Å². The predicted octanol–water partition coefficient (Wildman–Crippen LogP) is 2.71. The number of rotatable bonds is 5. The van der Waals surface area contributed by atoms with Gasteiger partial charge in [0, 0.05) is 18.9 Å². The molecule has 0 atom stereocenters. The molecule has 0 fully saturated rings. The van der Waals surface area contributed by atoms with Gasteiger partial charge in [-0.2, -0.15) is 10.2 Å². The van der Waals surface area contributed by atoms with Gasteiger partial charge in [-0.05, 0) is 24.6 Å². The molecule has 2 aromatic heterocycles. The van der Waals surface area contributed by atoms with Crippen molar-refractivity contribution in [2.45, 2.75) is 19.9 Å². The first-order chi connectivity index (χ1) is 10.3. The van der Waals surface area contributed by atoms with Crippen molar-refractivity contribution in [2.75, 3.05) is 0 Å². The SMILES string of the molecule is CCCn1nccc1C(=O)c1cnn(-c2ccccc2)c1. The number of carbonyl (C=O) groups excluding carboxylic acids is 1. The molecule has 0 aliphatic heterocycles. The zero-order chi connectivity index (χ0) is 14.7. The molecular formula is C16H16N4O. The Morgan fingerprint density at radius 3 is 2.71 bits per heavy atom. The third-order valence-electron chi connectivity index (χ3n) is 3.25. The van der Waals surface area contributed by atoms with Crippen LogP contribution in [0.1, 0.15) is 29.4 Å². The molecule has 0 N–H and O–H groups in total. The van der Waals surface area contributed by atoms with E-state index in [9.17, 15) is 4.79 Å². The number of para-hydroxylation sites is 1. The van der Waals surface area contributed by atoms with Crippen LogP contribution in [0, 0.1) is 0 Å². The Hall–Kier alpha value is -2.69. The van der Waals surface area contributed by atoms with Crippen molar-refractivity contribution in [3.8, 4) is 5.69 Å². The maximum atomic E-state index is 12.5. The number of hydrogen-bond acceptors (Lipinski definition) is 3. The smallest absolute Gasteiger partial charge is 0.214 e. The molecule has 5 nitrogen and oxygen atoms in total. The quantitative estimate of drug-likeness (QED) is 0.675. The van der Waals surface area contributed by atoms with E-state index in [1.807, 2.05) is 30.3 Å². The van der Waals surface area contributed by atoms with Crippen molar-refractivity contribution in [2.24, 2.45) is 0 Å². The summed E-state index contributed by atoms with van der Waals surface area (Å²) >= 11 is 0. The maximum Gasteiger partial charge on any atom is 0.214 e. The van der Waals surface area contributed by atoms with Crippen LogP contribution in [0.4, 0.5) is 0 Å². The van der Waals surface area contributed by atoms with Crippen LogP contribution in [0.25, 0.3) is 5.69 Å². The van der Waals surface area contributed by atoms with Gasteiger partial charge in [0.05, 0.1) is 17.4 Å². The van der Waals surface area contributed by atoms with Gasteiger partial charge in [0.25, 0.3) is 0 Å². The zero-order valence-electron chi connectivity index (χ0n) is 11.8. The molecule has 0 unspecified atom stereocenters. The van der Waals surface area contributed by atoms with E-state index < -0.39 is 0 Å². The van der Waals surface area contributed by atoms with Crippen molar-refractivity contribution < 1.29 is 4.79 Å². The summed E-state index contributed by atoms with van der Waals surface area (Å²) in [5, 5.41) is 8.45. The Morgan fingerprint density at radius 1 is 1.14 bits per heavy atom. The number of aromatic nitrogens is 4. The lowest BCUT2D eigenvalue weighted by molar-refractivity contribution is 0.102. The normalized spacial score (nSPS) is 10.7. The third-order valence-corrected chi connectivity index (χ3v) is 3.25. The summed E-state index contributed by atoms with van der Waals surface area (Å²) in [5.74, 6) is -0.0527. The number of ketones is 1. The van der Waals surface area contributed by atoms with Crippen molar-refractivity contribution in [3.05, 3.63) is 66.2 Å². The topological polar surface area (TPSA) is 52.7 Å². The highest BCUT2D eigenvalue weighted by Crippen LogP contribution is 2.12. The molecule has 0 spiro atoms. The molecule has 106 valence electrons. The number of carbonyl (C=O) groups is 1. The molecule has 2 heterocycles. The summed E-state index contributed by atoms with van der Waals surface area (Å²) in [6, 6.07) is 11.5. The maximum absolute atomic E-state index is 12.5. The molecule has 0 saturated carbocycles. The molecule has 3 rings (SSSR count). The molecule has 5 heteroatoms. The van der Waals surface area contributed by atoms with E-state index >= 15 is 0 Å². The van der Waals surface area contributed by atoms with Crippen LogP contribution in [0.3, 0.4) is 0 Å². The highest BCUT2D eigenvalue weighted by Gasteiger charge is 2.16. The van der Waals surface area contributed by atoms with Crippen molar-refractivity contribution in [1.29, 1.82) is 0 Å². The molecule has 3 aromatic rings. The summed E-state index contributed by atoms with van der Waals surface area (Å²) in [6.07, 6.45) is 5.94. The number of nitrogens with zero attached hydrogens (tertiary/aromatic N) is 4. The van der Waals surface area contributed by atoms with Gasteiger partial charge in [-0.15, -0.1) is 0 Å². The van der Waals surface area contributed by atoms with E-state index in [1.54, 1.807) is 34.0 Å². The minimum atomic E-state index is -0.0527. The van der Waals surface area contributed by atoms with Crippen LogP contribution in [-0.4, -0.2) is 25.3 Å². The summed E-state index contributed by atoms with van der Waals surface area (Å²) in [6.45, 7) is 2.80. The fourth-order valence-corrected chi connectivity index (χ4v) is 2.23. The minimum Gasteiger partial charge on any atom is -0.287 e. The average molecular weight is 280 g/mol. The lowest BCUT2D eigenvalue weighted by atomic mass is 10.2. The van der Waals surface area contributed by atoms with Gasteiger partial charge in [0.2, 0.25) is 5.78 Å². The number of hydrogen-bond donors (Lipinski definition) is 0. The first-order valence-corrected chi connectivity index (χ1v) is 6.96. The van der Waals surface area contributed by atoms with Crippen molar-refractivity contribution in [3.63, 3.8) is 0 Å². The first kappa shape index (κ1) is 13.3. The van der Waals surface area contributed by atoms with Gasteiger partial charge in [-0.25, -0.2) is 4.68 Å². The summed E-state index contributed by atoms with van der Waals surface area (Å²) in [7, 11) is 0. The first-order valence-electron chi connectivity index (χ1n) is 6.96. The summed E-state index contributed by atoms with van der Waals surface area (Å²) in [5.41, 5.74) is 2.10. The van der Waals surface area contributed by atoms with Crippen LogP contribution in [0.2, 0.25) is 0 Å². The van der Waals surface area contributed by atoms with Gasteiger partial charge >= 0.3 is 0 Å². The lowest BCUT2D eigenvalue weighted by Crippen LogP contribution is -2.11. The average Bonchev–Trinajstić information content (AvgIpc) is 3.17. The molecule has 0 saturated heterocycles. The van der Waals surface area contributed by atoms with E-state index in [2.05, 4.69) is 17.1 Å². The second-order valence-electron chi connectivity index (χ2n) is 4.78. The van der Waals surface area contributed by atoms with Gasteiger partial charge < -0.3 is 0 Å². The predicted molar refractivity (Wildman–Crippen MR) is 79.5 cm³/mol. The van der Waals surface area contributed by atoms with Crippen LogP contribution in [0.5, 0.6) is 0 Å². The van der Waals surface area contributed by atoms with Gasteiger partial charge in [0.15, 0.2) is 0 Å². The van der Waals surface area contributed by atoms with Gasteiger partial charge in [-0.1, -0.05) is 25.1 Å². The largest absolute Gasteiger partial charge is 0.287 e. The molecule has 0 aliphatic carbocycles. The number of benzene rings is 1. The van der Waals surface area contributed by atoms with Crippen molar-refractivity contribution >= 4 is 5.78 Å².